The number of hydrogen-bond acceptors (Lipinski definition) is 4. The lowest BCUT2D eigenvalue weighted by molar-refractivity contribution is -0.140. The van der Waals surface area contributed by atoms with Crippen LogP contribution in [-0.2, 0) is 9.53 Å². The number of ketones is 1. The molecule has 104 valence electrons. The summed E-state index contributed by atoms with van der Waals surface area (Å²) in [6, 6.07) is 10.7. The van der Waals surface area contributed by atoms with Crippen molar-refractivity contribution in [2.75, 3.05) is 7.11 Å². The summed E-state index contributed by atoms with van der Waals surface area (Å²) < 4.78 is 4.53. The van der Waals surface area contributed by atoms with Crippen LogP contribution in [0.1, 0.15) is 29.6 Å². The van der Waals surface area contributed by atoms with Crippen molar-refractivity contribution in [2.24, 2.45) is 0 Å². The number of phenols is 1. The molecule has 0 saturated carbocycles. The fourth-order valence-electron chi connectivity index (χ4n) is 2.17. The summed E-state index contributed by atoms with van der Waals surface area (Å²) >= 11 is 0. The smallest absolute Gasteiger partial charge is 0.305 e. The van der Waals surface area contributed by atoms with Gasteiger partial charge in [0.25, 0.3) is 0 Å². The molecule has 0 heterocycles. The van der Waals surface area contributed by atoms with Crippen LogP contribution in [0.5, 0.6) is 5.75 Å². The monoisotopic (exact) mass is 272 g/mol. The van der Waals surface area contributed by atoms with Crippen molar-refractivity contribution in [3.8, 4) is 5.75 Å². The number of esters is 1. The van der Waals surface area contributed by atoms with E-state index in [2.05, 4.69) is 4.74 Å². The summed E-state index contributed by atoms with van der Waals surface area (Å²) in [5, 5.41) is 11.6. The van der Waals surface area contributed by atoms with Crippen molar-refractivity contribution in [3.05, 3.63) is 42.0 Å². The summed E-state index contributed by atoms with van der Waals surface area (Å²) in [5.41, 5.74) is 0.327. The van der Waals surface area contributed by atoms with E-state index in [4.69, 9.17) is 0 Å². The number of hydrogen-bond donors (Lipinski definition) is 1. The van der Waals surface area contributed by atoms with Gasteiger partial charge in [-0.2, -0.15) is 0 Å². The molecule has 20 heavy (non-hydrogen) atoms. The second-order valence-corrected chi connectivity index (χ2v) is 4.53. The number of benzene rings is 2. The number of ether oxygens (including phenoxy) is 1. The zero-order valence-corrected chi connectivity index (χ0v) is 11.3. The molecule has 2 rings (SSSR count). The van der Waals surface area contributed by atoms with Gasteiger partial charge in [-0.15, -0.1) is 0 Å². The van der Waals surface area contributed by atoms with Gasteiger partial charge < -0.3 is 9.84 Å². The van der Waals surface area contributed by atoms with Crippen LogP contribution in [-0.4, -0.2) is 24.0 Å². The van der Waals surface area contributed by atoms with Crippen molar-refractivity contribution in [1.29, 1.82) is 0 Å². The topological polar surface area (TPSA) is 63.6 Å². The number of rotatable bonds is 5. The maximum atomic E-state index is 12.2. The van der Waals surface area contributed by atoms with E-state index in [0.717, 1.165) is 10.8 Å². The van der Waals surface area contributed by atoms with Crippen molar-refractivity contribution in [2.45, 2.75) is 19.3 Å². The molecule has 1 N–H and O–H groups in total. The third kappa shape index (κ3) is 2.96. The second kappa shape index (κ2) is 6.19. The van der Waals surface area contributed by atoms with Gasteiger partial charge in [0.2, 0.25) is 0 Å². The Hall–Kier alpha value is -2.36. The Bertz CT molecular complexity index is 646. The van der Waals surface area contributed by atoms with Gasteiger partial charge in [-0.05, 0) is 23.3 Å². The lowest BCUT2D eigenvalue weighted by atomic mass is 9.97. The number of carbonyl (C=O) groups excluding carboxylic acids is 2. The van der Waals surface area contributed by atoms with E-state index in [1.54, 1.807) is 6.07 Å². The van der Waals surface area contributed by atoms with Gasteiger partial charge in [0.05, 0.1) is 12.7 Å². The van der Waals surface area contributed by atoms with Crippen LogP contribution in [0.3, 0.4) is 0 Å². The van der Waals surface area contributed by atoms with E-state index >= 15 is 0 Å². The van der Waals surface area contributed by atoms with Gasteiger partial charge in [0.1, 0.15) is 5.75 Å². The summed E-state index contributed by atoms with van der Waals surface area (Å²) in [6.45, 7) is 0. The van der Waals surface area contributed by atoms with Crippen molar-refractivity contribution in [3.63, 3.8) is 0 Å². The van der Waals surface area contributed by atoms with E-state index in [0.29, 0.717) is 12.0 Å². The molecule has 0 unspecified atom stereocenters. The molecule has 0 aromatic heterocycles. The Balaban J connectivity index is 2.21. The van der Waals surface area contributed by atoms with Crippen LogP contribution in [0.2, 0.25) is 0 Å². The number of carbonyl (C=O) groups is 2. The van der Waals surface area contributed by atoms with Gasteiger partial charge in [0, 0.05) is 12.8 Å². The first kappa shape index (κ1) is 14.1. The van der Waals surface area contributed by atoms with E-state index in [9.17, 15) is 14.7 Å². The minimum atomic E-state index is -0.333. The van der Waals surface area contributed by atoms with Gasteiger partial charge in [-0.1, -0.05) is 30.3 Å². The maximum Gasteiger partial charge on any atom is 0.305 e. The number of fused-ring (bicyclic) bond motifs is 1. The molecular formula is C16H16O4. The summed E-state index contributed by atoms with van der Waals surface area (Å²) in [5.74, 6) is -0.519. The average molecular weight is 272 g/mol. The average Bonchev–Trinajstić information content (AvgIpc) is 2.46. The van der Waals surface area contributed by atoms with Crippen LogP contribution in [0.25, 0.3) is 10.8 Å². The summed E-state index contributed by atoms with van der Waals surface area (Å²) in [4.78, 5) is 23.3. The standard InChI is InChI=1S/C16H16O4/c1-20-15(19)8-4-7-13(17)16-12-6-3-2-5-11(12)9-10-14(16)18/h2-3,5-6,9-10,18H,4,7-8H2,1H3. The lowest BCUT2D eigenvalue weighted by Crippen LogP contribution is -2.04. The van der Waals surface area contributed by atoms with Gasteiger partial charge in [-0.25, -0.2) is 0 Å². The SMILES string of the molecule is COC(=O)CCCC(=O)c1c(O)ccc2ccccc12. The molecule has 0 aliphatic rings. The predicted molar refractivity (Wildman–Crippen MR) is 75.8 cm³/mol. The predicted octanol–water partition coefficient (Wildman–Crippen LogP) is 3.07. The molecule has 2 aromatic rings. The Morgan fingerprint density at radius 1 is 1.10 bits per heavy atom. The largest absolute Gasteiger partial charge is 0.507 e. The Labute approximate surface area is 117 Å². The first-order valence-electron chi connectivity index (χ1n) is 6.44. The zero-order valence-electron chi connectivity index (χ0n) is 11.3. The van der Waals surface area contributed by atoms with E-state index in [-0.39, 0.29) is 30.3 Å². The van der Waals surface area contributed by atoms with Crippen LogP contribution < -0.4 is 0 Å². The number of methoxy groups -OCH3 is 1. The zero-order chi connectivity index (χ0) is 14.5. The molecule has 0 saturated heterocycles. The molecule has 4 nitrogen and oxygen atoms in total. The van der Waals surface area contributed by atoms with Crippen LogP contribution >= 0.6 is 0 Å². The molecular weight excluding hydrogens is 256 g/mol. The van der Waals surface area contributed by atoms with Gasteiger partial charge in [-0.3, -0.25) is 9.59 Å². The van der Waals surface area contributed by atoms with Gasteiger partial charge in [0.15, 0.2) is 5.78 Å². The third-order valence-corrected chi connectivity index (χ3v) is 3.20. The minimum absolute atomic E-state index is 0.0215. The maximum absolute atomic E-state index is 12.2. The van der Waals surface area contributed by atoms with Crippen molar-refractivity contribution >= 4 is 22.5 Å². The highest BCUT2D eigenvalue weighted by Crippen LogP contribution is 2.28. The Morgan fingerprint density at radius 3 is 2.60 bits per heavy atom. The molecule has 0 aliphatic heterocycles. The molecule has 0 bridgehead atoms. The number of aromatic hydroxyl groups is 1. The third-order valence-electron chi connectivity index (χ3n) is 3.20. The quantitative estimate of drug-likeness (QED) is 0.671. The minimum Gasteiger partial charge on any atom is -0.507 e. The molecule has 0 aliphatic carbocycles. The number of Topliss-reactive ketones (excluding diaryl/α,β-unsaturated/α-hetero) is 1. The number of phenolic OH excluding ortho intramolecular Hbond substituents is 1. The van der Waals surface area contributed by atoms with Crippen molar-refractivity contribution in [1.82, 2.24) is 0 Å². The molecule has 2 aromatic carbocycles. The molecule has 0 spiro atoms. The van der Waals surface area contributed by atoms with Crippen LogP contribution in [0.15, 0.2) is 36.4 Å². The Morgan fingerprint density at radius 2 is 1.85 bits per heavy atom. The molecule has 0 radical (unpaired) electrons. The summed E-state index contributed by atoms with van der Waals surface area (Å²) in [7, 11) is 1.32. The summed E-state index contributed by atoms with van der Waals surface area (Å²) in [6.07, 6.45) is 0.818. The molecule has 0 fully saturated rings. The first-order chi connectivity index (χ1) is 9.63. The van der Waals surface area contributed by atoms with Crippen LogP contribution in [0, 0.1) is 0 Å². The normalized spacial score (nSPS) is 10.4. The fourth-order valence-corrected chi connectivity index (χ4v) is 2.17. The highest BCUT2D eigenvalue weighted by atomic mass is 16.5. The molecule has 0 atom stereocenters. The fraction of sp³-hybridized carbons (Fsp3) is 0.250. The Kier molecular flexibility index (Phi) is 4.35. The van der Waals surface area contributed by atoms with E-state index in [1.807, 2.05) is 24.3 Å². The molecule has 0 amide bonds. The van der Waals surface area contributed by atoms with E-state index in [1.165, 1.54) is 13.2 Å². The lowest BCUT2D eigenvalue weighted by Gasteiger charge is -2.08. The highest BCUT2D eigenvalue weighted by molar-refractivity contribution is 6.10. The molecule has 4 heteroatoms. The first-order valence-corrected chi connectivity index (χ1v) is 6.44. The van der Waals surface area contributed by atoms with E-state index < -0.39 is 0 Å². The van der Waals surface area contributed by atoms with Crippen LogP contribution in [0.4, 0.5) is 0 Å². The van der Waals surface area contributed by atoms with Crippen molar-refractivity contribution < 1.29 is 19.4 Å². The second-order valence-electron chi connectivity index (χ2n) is 4.53. The van der Waals surface area contributed by atoms with Gasteiger partial charge >= 0.3 is 5.97 Å². The highest BCUT2D eigenvalue weighted by Gasteiger charge is 2.15.